The number of hydrogen-bond donors (Lipinski definition) is 0. The Hall–Kier alpha value is -2.29. The van der Waals surface area contributed by atoms with E-state index in [4.69, 9.17) is 0 Å². The van der Waals surface area contributed by atoms with Gasteiger partial charge in [0.25, 0.3) is 0 Å². The number of rotatable bonds is 2. The van der Waals surface area contributed by atoms with Crippen LogP contribution in [0.5, 0.6) is 0 Å². The van der Waals surface area contributed by atoms with Gasteiger partial charge in [-0.3, -0.25) is 0 Å². The number of piperazine rings is 1. The van der Waals surface area contributed by atoms with Gasteiger partial charge in [0.1, 0.15) is 0 Å². The van der Waals surface area contributed by atoms with Crippen LogP contribution in [0.25, 0.3) is 5.65 Å². The summed E-state index contributed by atoms with van der Waals surface area (Å²) in [7, 11) is 0. The van der Waals surface area contributed by atoms with Gasteiger partial charge in [-0.05, 0) is 29.5 Å². The van der Waals surface area contributed by atoms with Gasteiger partial charge in [0.15, 0.2) is 16.6 Å². The maximum atomic E-state index is 4.55. The molecule has 0 atom stereocenters. The standard InChI is InChI=1S/C12H14N8S/c1-9-8-21-12(13-9)19-6-4-18(5-7-19)11-3-2-10-14-16-17-20(10)15-11/h2-3,8H,4-7H2,1H3. The topological polar surface area (TPSA) is 75.3 Å². The van der Waals surface area contributed by atoms with E-state index in [1.165, 1.54) is 4.63 Å². The maximum absolute atomic E-state index is 4.55. The fourth-order valence-electron chi connectivity index (χ4n) is 2.42. The molecule has 21 heavy (non-hydrogen) atoms. The Labute approximate surface area is 125 Å². The lowest BCUT2D eigenvalue weighted by atomic mass is 10.3. The molecule has 0 amide bonds. The van der Waals surface area contributed by atoms with Gasteiger partial charge >= 0.3 is 0 Å². The molecule has 0 unspecified atom stereocenters. The average molecular weight is 302 g/mol. The van der Waals surface area contributed by atoms with Crippen LogP contribution in [0.1, 0.15) is 5.69 Å². The summed E-state index contributed by atoms with van der Waals surface area (Å²) in [6.45, 7) is 5.75. The first-order chi connectivity index (χ1) is 10.3. The quantitative estimate of drug-likeness (QED) is 0.686. The van der Waals surface area contributed by atoms with E-state index in [1.54, 1.807) is 11.3 Å². The van der Waals surface area contributed by atoms with Crippen molar-refractivity contribution in [3.05, 3.63) is 23.2 Å². The average Bonchev–Trinajstić information content (AvgIpc) is 3.15. The third-order valence-corrected chi connectivity index (χ3v) is 4.56. The predicted molar refractivity (Wildman–Crippen MR) is 79.9 cm³/mol. The molecule has 0 bridgehead atoms. The van der Waals surface area contributed by atoms with Crippen LogP contribution < -0.4 is 9.80 Å². The Morgan fingerprint density at radius 1 is 1.10 bits per heavy atom. The fourth-order valence-corrected chi connectivity index (χ4v) is 3.28. The number of tetrazole rings is 1. The van der Waals surface area contributed by atoms with Gasteiger partial charge < -0.3 is 9.80 Å². The second-order valence-corrected chi connectivity index (χ2v) is 5.80. The Bertz CT molecular complexity index is 757. The zero-order valence-electron chi connectivity index (χ0n) is 11.5. The van der Waals surface area contributed by atoms with Gasteiger partial charge in [-0.15, -0.1) is 26.2 Å². The second-order valence-electron chi connectivity index (χ2n) is 4.96. The summed E-state index contributed by atoms with van der Waals surface area (Å²) in [6, 6.07) is 3.85. The molecule has 4 rings (SSSR count). The predicted octanol–water partition coefficient (Wildman–Crippen LogP) is 0.611. The number of anilines is 2. The van der Waals surface area contributed by atoms with Crippen molar-refractivity contribution in [3.8, 4) is 0 Å². The first-order valence-corrected chi connectivity index (χ1v) is 7.65. The van der Waals surface area contributed by atoms with E-state index in [0.717, 1.165) is 42.8 Å². The highest BCUT2D eigenvalue weighted by Crippen LogP contribution is 2.22. The van der Waals surface area contributed by atoms with Crippen LogP contribution in [0.15, 0.2) is 17.5 Å². The molecule has 0 aliphatic carbocycles. The SMILES string of the molecule is Cc1csc(N2CCN(c3ccc4nnnn4n3)CC2)n1. The molecule has 3 aromatic rings. The van der Waals surface area contributed by atoms with E-state index in [1.807, 2.05) is 19.1 Å². The van der Waals surface area contributed by atoms with Crippen LogP contribution in [-0.4, -0.2) is 56.4 Å². The van der Waals surface area contributed by atoms with E-state index < -0.39 is 0 Å². The van der Waals surface area contributed by atoms with Crippen molar-refractivity contribution in [2.75, 3.05) is 36.0 Å². The van der Waals surface area contributed by atoms with Crippen LogP contribution in [0, 0.1) is 6.92 Å². The van der Waals surface area contributed by atoms with Gasteiger partial charge in [0.05, 0.1) is 5.69 Å². The summed E-state index contributed by atoms with van der Waals surface area (Å²) < 4.78 is 1.46. The molecular weight excluding hydrogens is 288 g/mol. The lowest BCUT2D eigenvalue weighted by Gasteiger charge is -2.35. The van der Waals surface area contributed by atoms with E-state index >= 15 is 0 Å². The van der Waals surface area contributed by atoms with E-state index in [0.29, 0.717) is 5.65 Å². The van der Waals surface area contributed by atoms with Crippen LogP contribution in [0.3, 0.4) is 0 Å². The van der Waals surface area contributed by atoms with Crippen LogP contribution in [-0.2, 0) is 0 Å². The molecular formula is C12H14N8S. The van der Waals surface area contributed by atoms with Crippen molar-refractivity contribution < 1.29 is 0 Å². The summed E-state index contributed by atoms with van der Waals surface area (Å²) >= 11 is 1.71. The maximum Gasteiger partial charge on any atom is 0.200 e. The van der Waals surface area contributed by atoms with E-state index in [2.05, 4.69) is 40.8 Å². The normalized spacial score (nSPS) is 15.9. The van der Waals surface area contributed by atoms with Crippen molar-refractivity contribution >= 4 is 27.9 Å². The number of fused-ring (bicyclic) bond motifs is 1. The first kappa shape index (κ1) is 12.5. The van der Waals surface area contributed by atoms with Crippen molar-refractivity contribution in [1.29, 1.82) is 0 Å². The fraction of sp³-hybridized carbons (Fsp3) is 0.417. The third kappa shape index (κ3) is 2.29. The zero-order valence-corrected chi connectivity index (χ0v) is 12.4. The van der Waals surface area contributed by atoms with Crippen molar-refractivity contribution in [2.24, 2.45) is 0 Å². The molecule has 0 N–H and O–H groups in total. The number of aromatic nitrogens is 6. The highest BCUT2D eigenvalue weighted by atomic mass is 32.1. The van der Waals surface area contributed by atoms with Gasteiger partial charge in [0.2, 0.25) is 0 Å². The molecule has 0 spiro atoms. The molecule has 0 aromatic carbocycles. The highest BCUT2D eigenvalue weighted by Gasteiger charge is 2.20. The molecule has 3 aromatic heterocycles. The molecule has 4 heterocycles. The minimum absolute atomic E-state index is 0.663. The summed E-state index contributed by atoms with van der Waals surface area (Å²) in [5, 5.41) is 18.9. The van der Waals surface area contributed by atoms with Crippen molar-refractivity contribution in [1.82, 2.24) is 30.2 Å². The summed E-state index contributed by atoms with van der Waals surface area (Å²) in [6.07, 6.45) is 0. The third-order valence-electron chi connectivity index (χ3n) is 3.54. The Morgan fingerprint density at radius 2 is 1.90 bits per heavy atom. The monoisotopic (exact) mass is 302 g/mol. The second kappa shape index (κ2) is 4.92. The number of aryl methyl sites for hydroxylation is 1. The minimum atomic E-state index is 0.663. The zero-order chi connectivity index (χ0) is 14.2. The summed E-state index contributed by atoms with van der Waals surface area (Å²) in [5.41, 5.74) is 1.75. The Morgan fingerprint density at radius 3 is 2.67 bits per heavy atom. The van der Waals surface area contributed by atoms with Crippen LogP contribution in [0.2, 0.25) is 0 Å². The molecule has 108 valence electrons. The molecule has 1 aliphatic heterocycles. The Balaban J connectivity index is 1.49. The van der Waals surface area contributed by atoms with Gasteiger partial charge in [-0.1, -0.05) is 0 Å². The van der Waals surface area contributed by atoms with Crippen LogP contribution in [0.4, 0.5) is 10.9 Å². The largest absolute Gasteiger partial charge is 0.352 e. The first-order valence-electron chi connectivity index (χ1n) is 6.77. The number of thiazole rings is 1. The number of hydrogen-bond acceptors (Lipinski definition) is 8. The molecule has 0 radical (unpaired) electrons. The number of nitrogens with zero attached hydrogens (tertiary/aromatic N) is 8. The lowest BCUT2D eigenvalue weighted by Crippen LogP contribution is -2.47. The smallest absolute Gasteiger partial charge is 0.200 e. The highest BCUT2D eigenvalue weighted by molar-refractivity contribution is 7.13. The molecule has 0 saturated carbocycles. The molecule has 1 aliphatic rings. The van der Waals surface area contributed by atoms with Gasteiger partial charge in [-0.2, -0.15) is 0 Å². The van der Waals surface area contributed by atoms with Gasteiger partial charge in [-0.25, -0.2) is 4.98 Å². The van der Waals surface area contributed by atoms with Gasteiger partial charge in [0, 0.05) is 31.6 Å². The molecule has 8 nitrogen and oxygen atoms in total. The summed E-state index contributed by atoms with van der Waals surface area (Å²) in [4.78, 5) is 9.12. The lowest BCUT2D eigenvalue weighted by molar-refractivity contribution is 0.631. The van der Waals surface area contributed by atoms with E-state index in [-0.39, 0.29) is 0 Å². The van der Waals surface area contributed by atoms with Crippen molar-refractivity contribution in [2.45, 2.75) is 6.92 Å². The van der Waals surface area contributed by atoms with E-state index in [9.17, 15) is 0 Å². The Kier molecular flexibility index (Phi) is 2.92. The minimum Gasteiger partial charge on any atom is -0.352 e. The van der Waals surface area contributed by atoms with Crippen molar-refractivity contribution in [3.63, 3.8) is 0 Å². The summed E-state index contributed by atoms with van der Waals surface area (Å²) in [5.74, 6) is 0.907. The molecule has 1 fully saturated rings. The van der Waals surface area contributed by atoms with Crippen LogP contribution >= 0.6 is 11.3 Å². The molecule has 9 heteroatoms. The molecule has 1 saturated heterocycles.